The minimum absolute atomic E-state index is 0.353. The number of morpholine rings is 1. The zero-order chi connectivity index (χ0) is 22.4. The second kappa shape index (κ2) is 10.5. The quantitative estimate of drug-likeness (QED) is 0.720. The summed E-state index contributed by atoms with van der Waals surface area (Å²) in [7, 11) is 0. The molecule has 0 saturated carbocycles. The van der Waals surface area contributed by atoms with E-state index < -0.39 is 11.9 Å². The summed E-state index contributed by atoms with van der Waals surface area (Å²) < 4.78 is 8.01. The number of nitrogens with zero attached hydrogens (tertiary/aromatic N) is 3. The average molecular weight is 430 g/mol. The standard InChI is InChI=1S/C21H29N3O.C2H2O4/c1-16-14-23(15-17(2)25-16)12-11-18-7-6-10-21-20(18)13-22-24(21)19-8-4-3-5-9-19;3-1(4)2(5)6/h3-5,8-9,13,16-18H,6-7,10-12,14-15H2,1-2H3;(H,3,4)(H,5,6)/t16-,17+,18?;. The number of carboxylic acids is 2. The Balaban J connectivity index is 0.000000401. The molecule has 3 atom stereocenters. The third-order valence-electron chi connectivity index (χ3n) is 5.78. The van der Waals surface area contributed by atoms with Crippen molar-refractivity contribution in [2.75, 3.05) is 19.6 Å². The number of carbonyl (C=O) groups is 2. The molecular weight excluding hydrogens is 398 g/mol. The number of rotatable bonds is 4. The van der Waals surface area contributed by atoms with Crippen LogP contribution in [0, 0.1) is 0 Å². The lowest BCUT2D eigenvalue weighted by Gasteiger charge is -2.36. The SMILES string of the molecule is C[C@@H]1CN(CCC2CCCc3c2cnn3-c2ccccc2)C[C@H](C)O1.O=C(O)C(=O)O. The molecule has 0 amide bonds. The summed E-state index contributed by atoms with van der Waals surface area (Å²) in [4.78, 5) is 20.8. The minimum atomic E-state index is -1.82. The molecule has 1 unspecified atom stereocenters. The summed E-state index contributed by atoms with van der Waals surface area (Å²) in [5, 5.41) is 19.5. The Morgan fingerprint density at radius 1 is 1.10 bits per heavy atom. The van der Waals surface area contributed by atoms with E-state index in [1.165, 1.54) is 42.8 Å². The smallest absolute Gasteiger partial charge is 0.414 e. The second-order valence-corrected chi connectivity index (χ2v) is 8.30. The fraction of sp³-hybridized carbons (Fsp3) is 0.522. The molecule has 8 heteroatoms. The Kier molecular flexibility index (Phi) is 7.81. The van der Waals surface area contributed by atoms with Crippen molar-refractivity contribution in [1.29, 1.82) is 0 Å². The van der Waals surface area contributed by atoms with Gasteiger partial charge in [0.15, 0.2) is 0 Å². The molecule has 31 heavy (non-hydrogen) atoms. The molecule has 1 aromatic carbocycles. The van der Waals surface area contributed by atoms with Crippen LogP contribution in [0.15, 0.2) is 36.5 Å². The van der Waals surface area contributed by atoms with Crippen molar-refractivity contribution in [1.82, 2.24) is 14.7 Å². The van der Waals surface area contributed by atoms with Gasteiger partial charge in [0.1, 0.15) is 0 Å². The molecule has 1 aliphatic heterocycles. The molecular formula is C23H31N3O5. The first-order valence-electron chi connectivity index (χ1n) is 10.8. The summed E-state index contributed by atoms with van der Waals surface area (Å²) in [6.07, 6.45) is 7.77. The zero-order valence-electron chi connectivity index (χ0n) is 18.1. The molecule has 0 bridgehead atoms. The molecule has 4 rings (SSSR count). The fourth-order valence-electron chi connectivity index (χ4n) is 4.55. The predicted octanol–water partition coefficient (Wildman–Crippen LogP) is 2.95. The lowest BCUT2D eigenvalue weighted by Crippen LogP contribution is -2.45. The van der Waals surface area contributed by atoms with Crippen LogP contribution in [-0.2, 0) is 20.7 Å². The number of fused-ring (bicyclic) bond motifs is 1. The van der Waals surface area contributed by atoms with E-state index in [9.17, 15) is 0 Å². The van der Waals surface area contributed by atoms with E-state index in [0.717, 1.165) is 19.5 Å². The highest BCUT2D eigenvalue weighted by Crippen LogP contribution is 2.35. The van der Waals surface area contributed by atoms with Crippen LogP contribution in [-0.4, -0.2) is 68.7 Å². The van der Waals surface area contributed by atoms with Crippen LogP contribution in [0.1, 0.15) is 50.3 Å². The summed E-state index contributed by atoms with van der Waals surface area (Å²) in [5.74, 6) is -3.00. The molecule has 8 nitrogen and oxygen atoms in total. The highest BCUT2D eigenvalue weighted by molar-refractivity contribution is 6.27. The van der Waals surface area contributed by atoms with Gasteiger partial charge in [-0.25, -0.2) is 14.3 Å². The van der Waals surface area contributed by atoms with E-state index in [0.29, 0.717) is 18.1 Å². The van der Waals surface area contributed by atoms with E-state index in [-0.39, 0.29) is 0 Å². The van der Waals surface area contributed by atoms with E-state index in [2.05, 4.69) is 60.0 Å². The number of hydrogen-bond acceptors (Lipinski definition) is 5. The molecule has 2 aromatic rings. The number of aliphatic carboxylic acids is 2. The maximum atomic E-state index is 9.10. The van der Waals surface area contributed by atoms with Gasteiger partial charge in [0.2, 0.25) is 0 Å². The van der Waals surface area contributed by atoms with Crippen molar-refractivity contribution in [3.63, 3.8) is 0 Å². The third-order valence-corrected chi connectivity index (χ3v) is 5.78. The summed E-state index contributed by atoms with van der Waals surface area (Å²) >= 11 is 0. The molecule has 1 fully saturated rings. The lowest BCUT2D eigenvalue weighted by atomic mass is 9.84. The molecule has 1 aromatic heterocycles. The Bertz CT molecular complexity index is 861. The zero-order valence-corrected chi connectivity index (χ0v) is 18.1. The summed E-state index contributed by atoms with van der Waals surface area (Å²) in [5.41, 5.74) is 4.08. The van der Waals surface area contributed by atoms with Crippen LogP contribution >= 0.6 is 0 Å². The van der Waals surface area contributed by atoms with Crippen LogP contribution in [0.2, 0.25) is 0 Å². The van der Waals surface area contributed by atoms with Crippen molar-refractivity contribution in [2.45, 2.75) is 57.7 Å². The largest absolute Gasteiger partial charge is 0.473 e. The van der Waals surface area contributed by atoms with Crippen molar-refractivity contribution in [3.05, 3.63) is 47.8 Å². The Morgan fingerprint density at radius 3 is 2.35 bits per heavy atom. The molecule has 0 radical (unpaired) electrons. The molecule has 0 spiro atoms. The number of para-hydroxylation sites is 1. The summed E-state index contributed by atoms with van der Waals surface area (Å²) in [6.45, 7) is 7.66. The van der Waals surface area contributed by atoms with Crippen molar-refractivity contribution in [2.24, 2.45) is 0 Å². The normalized spacial score (nSPS) is 23.4. The number of ether oxygens (including phenoxy) is 1. The predicted molar refractivity (Wildman–Crippen MR) is 116 cm³/mol. The lowest BCUT2D eigenvalue weighted by molar-refractivity contribution is -0.159. The van der Waals surface area contributed by atoms with Gasteiger partial charge < -0.3 is 14.9 Å². The Labute approximate surface area is 182 Å². The summed E-state index contributed by atoms with van der Waals surface area (Å²) in [6, 6.07) is 10.5. The van der Waals surface area contributed by atoms with Crippen LogP contribution in [0.3, 0.4) is 0 Å². The van der Waals surface area contributed by atoms with Crippen molar-refractivity contribution < 1.29 is 24.5 Å². The van der Waals surface area contributed by atoms with Crippen molar-refractivity contribution >= 4 is 11.9 Å². The maximum Gasteiger partial charge on any atom is 0.414 e. The second-order valence-electron chi connectivity index (χ2n) is 8.30. The van der Waals surface area contributed by atoms with Gasteiger partial charge in [-0.15, -0.1) is 0 Å². The average Bonchev–Trinajstić information content (AvgIpc) is 3.17. The van der Waals surface area contributed by atoms with Crippen LogP contribution in [0.5, 0.6) is 0 Å². The van der Waals surface area contributed by atoms with Crippen molar-refractivity contribution in [3.8, 4) is 5.69 Å². The van der Waals surface area contributed by atoms with Gasteiger partial charge >= 0.3 is 11.9 Å². The van der Waals surface area contributed by atoms with Gasteiger partial charge in [0, 0.05) is 18.8 Å². The first-order valence-corrected chi connectivity index (χ1v) is 10.8. The third kappa shape index (κ3) is 6.15. The van der Waals surface area contributed by atoms with Crippen LogP contribution in [0.4, 0.5) is 0 Å². The molecule has 2 heterocycles. The highest BCUT2D eigenvalue weighted by atomic mass is 16.5. The van der Waals surface area contributed by atoms with E-state index >= 15 is 0 Å². The highest BCUT2D eigenvalue weighted by Gasteiger charge is 2.27. The van der Waals surface area contributed by atoms with Gasteiger partial charge in [-0.2, -0.15) is 5.10 Å². The van der Waals surface area contributed by atoms with E-state index in [4.69, 9.17) is 29.6 Å². The van der Waals surface area contributed by atoms with Gasteiger partial charge in [-0.3, -0.25) is 4.90 Å². The fourth-order valence-corrected chi connectivity index (χ4v) is 4.55. The first kappa shape index (κ1) is 23.0. The van der Waals surface area contributed by atoms with Gasteiger partial charge in [-0.05, 0) is 69.7 Å². The monoisotopic (exact) mass is 429 g/mol. The van der Waals surface area contributed by atoms with Crippen LogP contribution in [0.25, 0.3) is 5.69 Å². The Hall–Kier alpha value is -2.71. The van der Waals surface area contributed by atoms with Gasteiger partial charge in [0.05, 0.1) is 24.1 Å². The van der Waals surface area contributed by atoms with E-state index in [1.54, 1.807) is 0 Å². The van der Waals surface area contributed by atoms with Crippen LogP contribution < -0.4 is 0 Å². The Morgan fingerprint density at radius 2 is 1.74 bits per heavy atom. The minimum Gasteiger partial charge on any atom is -0.473 e. The molecule has 2 aliphatic rings. The topological polar surface area (TPSA) is 105 Å². The molecule has 1 aliphatic carbocycles. The number of carboxylic acid groups (broad SMARTS) is 2. The van der Waals surface area contributed by atoms with Gasteiger partial charge in [0.25, 0.3) is 0 Å². The molecule has 1 saturated heterocycles. The number of benzene rings is 1. The van der Waals surface area contributed by atoms with Gasteiger partial charge in [-0.1, -0.05) is 18.2 Å². The first-order chi connectivity index (χ1) is 14.8. The van der Waals surface area contributed by atoms with E-state index in [1.807, 2.05) is 0 Å². The maximum absolute atomic E-state index is 9.10. The molecule has 168 valence electrons. The number of aromatic nitrogens is 2. The molecule has 2 N–H and O–H groups in total. The number of hydrogen-bond donors (Lipinski definition) is 2.